The fourth-order valence-corrected chi connectivity index (χ4v) is 1.40. The van der Waals surface area contributed by atoms with E-state index in [2.05, 4.69) is 10.2 Å². The maximum Gasteiger partial charge on any atom is 0.204 e. The van der Waals surface area contributed by atoms with Crippen LogP contribution in [0.3, 0.4) is 0 Å². The second-order valence-corrected chi connectivity index (χ2v) is 2.92. The van der Waals surface area contributed by atoms with Gasteiger partial charge in [-0.1, -0.05) is 0 Å². The van der Waals surface area contributed by atoms with Gasteiger partial charge >= 0.3 is 0 Å². The molecule has 2 rings (SSSR count). The molecule has 2 aromatic rings. The van der Waals surface area contributed by atoms with Crippen LogP contribution in [0.1, 0.15) is 0 Å². The van der Waals surface area contributed by atoms with Crippen LogP contribution >= 0.6 is 23.2 Å². The number of nitrogens with zero attached hydrogens (tertiary/aromatic N) is 1. The molecular weight excluding hydrogens is 199 g/mol. The first kappa shape index (κ1) is 7.71. The molecule has 62 valence electrons. The average molecular weight is 203 g/mol. The molecule has 0 fully saturated rings. The predicted molar refractivity (Wildman–Crippen MR) is 46.3 cm³/mol. The third kappa shape index (κ3) is 1.21. The first-order valence-corrected chi connectivity index (χ1v) is 3.97. The second kappa shape index (κ2) is 2.84. The van der Waals surface area contributed by atoms with Crippen LogP contribution in [0.15, 0.2) is 22.7 Å². The number of aromatic nitrogens is 2. The van der Waals surface area contributed by atoms with Crippen LogP contribution in [0.4, 0.5) is 0 Å². The van der Waals surface area contributed by atoms with Crippen LogP contribution < -0.4 is 0 Å². The third-order valence-electron chi connectivity index (χ3n) is 1.45. The van der Waals surface area contributed by atoms with Crippen LogP contribution in [-0.4, -0.2) is 10.2 Å². The minimum atomic E-state index is 0.268. The Bertz CT molecular complexity index is 380. The van der Waals surface area contributed by atoms with E-state index in [1.165, 1.54) is 0 Å². The molecule has 3 nitrogen and oxygen atoms in total. The lowest BCUT2D eigenvalue weighted by Crippen LogP contribution is -1.73. The molecule has 0 aromatic carbocycles. The Morgan fingerprint density at radius 1 is 1.42 bits per heavy atom. The van der Waals surface area contributed by atoms with E-state index in [-0.39, 0.29) is 10.4 Å². The van der Waals surface area contributed by atoms with E-state index < -0.39 is 0 Å². The summed E-state index contributed by atoms with van der Waals surface area (Å²) < 4.78 is 4.92. The number of aromatic amines is 1. The van der Waals surface area contributed by atoms with Gasteiger partial charge < -0.3 is 4.42 Å². The fraction of sp³-hybridized carbons (Fsp3) is 0. The van der Waals surface area contributed by atoms with Crippen LogP contribution in [0, 0.1) is 0 Å². The predicted octanol–water partition coefficient (Wildman–Crippen LogP) is 2.98. The lowest BCUT2D eigenvalue weighted by molar-refractivity contribution is 0.572. The van der Waals surface area contributed by atoms with Gasteiger partial charge in [-0.15, -0.1) is 0 Å². The highest BCUT2D eigenvalue weighted by Crippen LogP contribution is 2.31. The number of H-pyrrole nitrogens is 1. The largest absolute Gasteiger partial charge is 0.433 e. The monoisotopic (exact) mass is 202 g/mol. The molecule has 0 aliphatic carbocycles. The van der Waals surface area contributed by atoms with E-state index in [9.17, 15) is 0 Å². The number of nitrogens with one attached hydrogen (secondary N) is 1. The molecule has 5 heteroatoms. The molecule has 0 unspecified atom stereocenters. The molecule has 0 spiro atoms. The van der Waals surface area contributed by atoms with E-state index in [1.54, 1.807) is 18.3 Å². The number of furan rings is 1. The molecule has 2 heterocycles. The molecule has 0 amide bonds. The number of hydrogen-bond acceptors (Lipinski definition) is 2. The zero-order valence-corrected chi connectivity index (χ0v) is 7.36. The molecule has 0 saturated carbocycles. The van der Waals surface area contributed by atoms with Gasteiger partial charge in [0.25, 0.3) is 0 Å². The lowest BCUT2D eigenvalue weighted by Gasteiger charge is -1.88. The van der Waals surface area contributed by atoms with Crippen molar-refractivity contribution < 1.29 is 4.42 Å². The number of halogens is 2. The van der Waals surface area contributed by atoms with Crippen molar-refractivity contribution in [1.82, 2.24) is 10.2 Å². The van der Waals surface area contributed by atoms with E-state index >= 15 is 0 Å². The van der Waals surface area contributed by atoms with Gasteiger partial charge in [0.2, 0.25) is 5.22 Å². The Balaban J connectivity index is 2.54. The van der Waals surface area contributed by atoms with Crippen molar-refractivity contribution in [2.24, 2.45) is 0 Å². The molecule has 12 heavy (non-hydrogen) atoms. The zero-order valence-electron chi connectivity index (χ0n) is 5.84. The average Bonchev–Trinajstić information content (AvgIpc) is 2.58. The smallest absolute Gasteiger partial charge is 0.204 e. The SMILES string of the molecule is Clc1cc(-c2ccn[nH]2)c(Cl)o1. The lowest BCUT2D eigenvalue weighted by atomic mass is 10.2. The number of rotatable bonds is 1. The molecule has 0 atom stereocenters. The standard InChI is InChI=1S/C7H4Cl2N2O/c8-6-3-4(7(9)12-6)5-1-2-10-11-5/h1-3H,(H,10,11). The Kier molecular flexibility index (Phi) is 1.83. The maximum absolute atomic E-state index is 5.74. The molecule has 0 aliphatic heterocycles. The molecule has 0 aliphatic rings. The molecule has 0 radical (unpaired) electrons. The van der Waals surface area contributed by atoms with Gasteiger partial charge in [-0.2, -0.15) is 5.10 Å². The van der Waals surface area contributed by atoms with Gasteiger partial charge in [0.15, 0.2) is 5.22 Å². The Morgan fingerprint density at radius 2 is 2.25 bits per heavy atom. The summed E-state index contributed by atoms with van der Waals surface area (Å²) in [6.45, 7) is 0. The summed E-state index contributed by atoms with van der Waals surface area (Å²) in [5.74, 6) is 0. The zero-order chi connectivity index (χ0) is 8.55. The minimum Gasteiger partial charge on any atom is -0.433 e. The first-order chi connectivity index (χ1) is 5.77. The third-order valence-corrected chi connectivity index (χ3v) is 1.91. The van der Waals surface area contributed by atoms with Crippen LogP contribution in [-0.2, 0) is 0 Å². The van der Waals surface area contributed by atoms with Crippen molar-refractivity contribution in [3.63, 3.8) is 0 Å². The maximum atomic E-state index is 5.74. The van der Waals surface area contributed by atoms with E-state index in [0.29, 0.717) is 0 Å². The second-order valence-electron chi connectivity index (χ2n) is 2.21. The van der Waals surface area contributed by atoms with Gasteiger partial charge in [-0.3, -0.25) is 5.10 Å². The van der Waals surface area contributed by atoms with E-state index in [0.717, 1.165) is 11.3 Å². The summed E-state index contributed by atoms with van der Waals surface area (Å²) in [6, 6.07) is 3.42. The first-order valence-electron chi connectivity index (χ1n) is 3.22. The highest BCUT2D eigenvalue weighted by molar-refractivity contribution is 6.34. The minimum absolute atomic E-state index is 0.268. The Morgan fingerprint density at radius 3 is 2.75 bits per heavy atom. The summed E-state index contributed by atoms with van der Waals surface area (Å²) in [5, 5.41) is 7.07. The van der Waals surface area contributed by atoms with Gasteiger partial charge in [0.1, 0.15) is 0 Å². The fourth-order valence-electron chi connectivity index (χ4n) is 0.930. The van der Waals surface area contributed by atoms with Crippen molar-refractivity contribution in [2.75, 3.05) is 0 Å². The highest BCUT2D eigenvalue weighted by Gasteiger charge is 2.10. The summed E-state index contributed by atoms with van der Waals surface area (Å²) >= 11 is 11.3. The Hall–Kier alpha value is -0.930. The number of hydrogen-bond donors (Lipinski definition) is 1. The summed E-state index contributed by atoms with van der Waals surface area (Å²) in [6.07, 6.45) is 1.63. The molecular formula is C7H4Cl2N2O. The van der Waals surface area contributed by atoms with Gasteiger partial charge in [-0.25, -0.2) is 0 Å². The normalized spacial score (nSPS) is 10.5. The van der Waals surface area contributed by atoms with Crippen molar-refractivity contribution in [1.29, 1.82) is 0 Å². The van der Waals surface area contributed by atoms with Crippen LogP contribution in [0.2, 0.25) is 10.4 Å². The van der Waals surface area contributed by atoms with Crippen LogP contribution in [0.5, 0.6) is 0 Å². The van der Waals surface area contributed by atoms with Gasteiger partial charge in [0, 0.05) is 12.3 Å². The molecule has 0 bridgehead atoms. The van der Waals surface area contributed by atoms with Crippen LogP contribution in [0.25, 0.3) is 11.3 Å². The van der Waals surface area contributed by atoms with E-state index in [4.69, 9.17) is 27.6 Å². The molecule has 2 aromatic heterocycles. The molecule has 1 N–H and O–H groups in total. The summed E-state index contributed by atoms with van der Waals surface area (Å²) in [5.41, 5.74) is 1.51. The van der Waals surface area contributed by atoms with Crippen molar-refractivity contribution in [2.45, 2.75) is 0 Å². The van der Waals surface area contributed by atoms with Gasteiger partial charge in [0.05, 0.1) is 11.3 Å². The quantitative estimate of drug-likeness (QED) is 0.773. The van der Waals surface area contributed by atoms with Crippen molar-refractivity contribution in [3.8, 4) is 11.3 Å². The van der Waals surface area contributed by atoms with E-state index in [1.807, 2.05) is 0 Å². The summed E-state index contributed by atoms with van der Waals surface area (Å²) in [4.78, 5) is 0. The Labute approximate surface area is 78.3 Å². The molecule has 0 saturated heterocycles. The van der Waals surface area contributed by atoms with Crippen molar-refractivity contribution in [3.05, 3.63) is 28.8 Å². The van der Waals surface area contributed by atoms with Gasteiger partial charge in [-0.05, 0) is 29.3 Å². The topological polar surface area (TPSA) is 41.8 Å². The highest BCUT2D eigenvalue weighted by atomic mass is 35.5. The summed E-state index contributed by atoms with van der Waals surface area (Å²) in [7, 11) is 0. The van der Waals surface area contributed by atoms with Crippen molar-refractivity contribution >= 4 is 23.2 Å².